The highest BCUT2D eigenvalue weighted by atomic mass is 35.5. The number of amides is 1. The number of hydrazone groups is 1. The first-order valence-electron chi connectivity index (χ1n) is 8.00. The number of H-pyrrole nitrogens is 1. The molecule has 3 rings (SSSR count). The minimum atomic E-state index is -0.466. The van der Waals surface area contributed by atoms with Crippen LogP contribution >= 0.6 is 23.2 Å². The summed E-state index contributed by atoms with van der Waals surface area (Å²) in [5.74, 6) is -0.890. The Hall–Kier alpha value is -3.16. The smallest absolute Gasteiger partial charge is 0.337 e. The van der Waals surface area contributed by atoms with Crippen molar-refractivity contribution < 1.29 is 14.3 Å². The van der Waals surface area contributed by atoms with E-state index in [1.54, 1.807) is 48.5 Å². The number of nitrogens with one attached hydrogen (secondary N) is 2. The summed E-state index contributed by atoms with van der Waals surface area (Å²) in [6.07, 6.45) is 1.45. The van der Waals surface area contributed by atoms with Crippen molar-refractivity contribution in [3.8, 4) is 11.3 Å². The predicted octanol–water partition coefficient (Wildman–Crippen LogP) is 3.93. The quantitative estimate of drug-likeness (QED) is 0.374. The third-order valence-corrected chi connectivity index (χ3v) is 4.29. The van der Waals surface area contributed by atoms with E-state index < -0.39 is 11.9 Å². The molecule has 2 N–H and O–H groups in total. The molecule has 0 aliphatic rings. The number of aromatic nitrogens is 2. The maximum atomic E-state index is 12.2. The second kappa shape index (κ2) is 8.69. The number of carbonyl (C=O) groups excluding carboxylic acids is 2. The zero-order valence-electron chi connectivity index (χ0n) is 14.6. The Bertz CT molecular complexity index is 1050. The van der Waals surface area contributed by atoms with Gasteiger partial charge < -0.3 is 4.74 Å². The number of hydrogen-bond acceptors (Lipinski definition) is 5. The molecule has 0 saturated carbocycles. The fraction of sp³-hybridized carbons (Fsp3) is 0.0526. The Morgan fingerprint density at radius 2 is 1.89 bits per heavy atom. The Morgan fingerprint density at radius 1 is 1.14 bits per heavy atom. The lowest BCUT2D eigenvalue weighted by atomic mass is 10.1. The minimum Gasteiger partial charge on any atom is -0.465 e. The lowest BCUT2D eigenvalue weighted by molar-refractivity contribution is 0.0600. The fourth-order valence-electron chi connectivity index (χ4n) is 2.32. The lowest BCUT2D eigenvalue weighted by Crippen LogP contribution is -2.18. The molecule has 0 radical (unpaired) electrons. The molecule has 1 amide bonds. The van der Waals surface area contributed by atoms with E-state index in [1.165, 1.54) is 13.3 Å². The van der Waals surface area contributed by atoms with Gasteiger partial charge in [-0.1, -0.05) is 35.3 Å². The van der Waals surface area contributed by atoms with Crippen LogP contribution in [0.25, 0.3) is 11.3 Å². The number of nitrogens with zero attached hydrogens (tertiary/aromatic N) is 2. The van der Waals surface area contributed by atoms with E-state index in [-0.39, 0.29) is 5.69 Å². The van der Waals surface area contributed by atoms with Gasteiger partial charge in [-0.25, -0.2) is 10.2 Å². The van der Waals surface area contributed by atoms with Gasteiger partial charge in [0.05, 0.1) is 29.6 Å². The van der Waals surface area contributed by atoms with Crippen LogP contribution in [0.4, 0.5) is 0 Å². The van der Waals surface area contributed by atoms with Gasteiger partial charge in [0, 0.05) is 10.6 Å². The molecule has 9 heteroatoms. The van der Waals surface area contributed by atoms with E-state index in [2.05, 4.69) is 25.5 Å². The number of benzene rings is 2. The number of ether oxygens (including phenoxy) is 1. The highest BCUT2D eigenvalue weighted by Gasteiger charge is 2.12. The van der Waals surface area contributed by atoms with Crippen LogP contribution in [0.3, 0.4) is 0 Å². The third-order valence-electron chi connectivity index (χ3n) is 3.74. The summed E-state index contributed by atoms with van der Waals surface area (Å²) >= 11 is 12.0. The monoisotopic (exact) mass is 416 g/mol. The number of rotatable bonds is 5. The van der Waals surface area contributed by atoms with Gasteiger partial charge in [0.15, 0.2) is 0 Å². The van der Waals surface area contributed by atoms with Crippen LogP contribution in [0.5, 0.6) is 0 Å². The predicted molar refractivity (Wildman–Crippen MR) is 107 cm³/mol. The van der Waals surface area contributed by atoms with E-state index >= 15 is 0 Å². The number of aromatic amines is 1. The Labute approximate surface area is 170 Å². The minimum absolute atomic E-state index is 0.221. The highest BCUT2D eigenvalue weighted by Crippen LogP contribution is 2.29. The average molecular weight is 417 g/mol. The maximum Gasteiger partial charge on any atom is 0.337 e. The molecular formula is C19H14Cl2N4O3. The number of esters is 1. The summed E-state index contributed by atoms with van der Waals surface area (Å²) in [5, 5.41) is 11.6. The van der Waals surface area contributed by atoms with Gasteiger partial charge in [0.1, 0.15) is 5.69 Å². The molecule has 1 heterocycles. The summed E-state index contributed by atoms with van der Waals surface area (Å²) in [6, 6.07) is 13.1. The molecule has 2 aromatic carbocycles. The van der Waals surface area contributed by atoms with E-state index in [1.807, 2.05) is 0 Å². The molecule has 0 fully saturated rings. The first kappa shape index (κ1) is 19.6. The number of methoxy groups -OCH3 is 1. The van der Waals surface area contributed by atoms with Crippen LogP contribution in [0.1, 0.15) is 26.4 Å². The summed E-state index contributed by atoms with van der Waals surface area (Å²) in [5.41, 5.74) is 4.90. The normalized spacial score (nSPS) is 10.8. The van der Waals surface area contributed by atoms with Crippen molar-refractivity contribution in [2.45, 2.75) is 0 Å². The molecule has 7 nitrogen and oxygen atoms in total. The van der Waals surface area contributed by atoms with E-state index in [0.29, 0.717) is 32.4 Å². The second-order valence-corrected chi connectivity index (χ2v) is 6.45. The van der Waals surface area contributed by atoms with Crippen molar-refractivity contribution in [1.29, 1.82) is 0 Å². The van der Waals surface area contributed by atoms with Crippen molar-refractivity contribution in [2.75, 3.05) is 7.11 Å². The van der Waals surface area contributed by atoms with Crippen molar-refractivity contribution in [2.24, 2.45) is 5.10 Å². The van der Waals surface area contributed by atoms with Crippen LogP contribution in [0, 0.1) is 0 Å². The summed E-state index contributed by atoms with van der Waals surface area (Å²) in [7, 11) is 1.31. The molecule has 0 atom stereocenters. The standard InChI is InChI=1S/C19H14Cl2N4O3/c1-28-19(27)12-4-2-11(3-5-12)10-22-25-18(26)17-9-16(23-24-17)14-7-6-13(20)8-15(14)21/h2-10H,1H3,(H,23,24)(H,25,26)/b22-10-. The molecule has 142 valence electrons. The van der Waals surface area contributed by atoms with Crippen molar-refractivity contribution >= 4 is 41.3 Å². The zero-order chi connectivity index (χ0) is 20.1. The molecule has 0 unspecified atom stereocenters. The number of hydrogen-bond donors (Lipinski definition) is 2. The summed E-state index contributed by atoms with van der Waals surface area (Å²) in [4.78, 5) is 23.6. The third kappa shape index (κ3) is 4.57. The van der Waals surface area contributed by atoms with Crippen LogP contribution < -0.4 is 5.43 Å². The van der Waals surface area contributed by atoms with Gasteiger partial charge in [-0.3, -0.25) is 9.89 Å². The topological polar surface area (TPSA) is 96.4 Å². The number of carbonyl (C=O) groups is 2. The summed E-state index contributed by atoms with van der Waals surface area (Å²) < 4.78 is 4.63. The van der Waals surface area contributed by atoms with Crippen LogP contribution in [-0.4, -0.2) is 35.4 Å². The second-order valence-electron chi connectivity index (χ2n) is 5.60. The van der Waals surface area contributed by atoms with Crippen molar-refractivity contribution in [3.05, 3.63) is 75.4 Å². The van der Waals surface area contributed by atoms with Gasteiger partial charge >= 0.3 is 5.97 Å². The molecular weight excluding hydrogens is 403 g/mol. The van der Waals surface area contributed by atoms with E-state index in [9.17, 15) is 9.59 Å². The molecule has 0 aliphatic carbocycles. The van der Waals surface area contributed by atoms with Crippen LogP contribution in [0.2, 0.25) is 10.0 Å². The first-order valence-corrected chi connectivity index (χ1v) is 8.76. The van der Waals surface area contributed by atoms with Crippen LogP contribution in [0.15, 0.2) is 53.6 Å². The first-order chi connectivity index (χ1) is 13.5. The molecule has 0 aliphatic heterocycles. The number of halogens is 2. The molecule has 1 aromatic heterocycles. The largest absolute Gasteiger partial charge is 0.465 e. The van der Waals surface area contributed by atoms with Crippen molar-refractivity contribution in [1.82, 2.24) is 15.6 Å². The Kier molecular flexibility index (Phi) is 6.08. The Balaban J connectivity index is 1.64. The van der Waals surface area contributed by atoms with Gasteiger partial charge in [-0.2, -0.15) is 10.2 Å². The average Bonchev–Trinajstić information content (AvgIpc) is 3.18. The Morgan fingerprint density at radius 3 is 2.57 bits per heavy atom. The molecule has 0 spiro atoms. The highest BCUT2D eigenvalue weighted by molar-refractivity contribution is 6.36. The molecule has 28 heavy (non-hydrogen) atoms. The summed E-state index contributed by atoms with van der Waals surface area (Å²) in [6.45, 7) is 0. The van der Waals surface area contributed by atoms with Gasteiger partial charge in [-0.05, 0) is 42.0 Å². The maximum absolute atomic E-state index is 12.2. The molecule has 3 aromatic rings. The SMILES string of the molecule is COC(=O)c1ccc(/C=N\NC(=O)c2cc(-c3ccc(Cl)cc3Cl)n[nH]2)cc1. The fourth-order valence-corrected chi connectivity index (χ4v) is 2.83. The van der Waals surface area contributed by atoms with Crippen molar-refractivity contribution in [3.63, 3.8) is 0 Å². The van der Waals surface area contributed by atoms with Gasteiger partial charge in [0.25, 0.3) is 5.91 Å². The lowest BCUT2D eigenvalue weighted by Gasteiger charge is -2.00. The van der Waals surface area contributed by atoms with Crippen LogP contribution in [-0.2, 0) is 4.74 Å². The van der Waals surface area contributed by atoms with Gasteiger partial charge in [0.2, 0.25) is 0 Å². The zero-order valence-corrected chi connectivity index (χ0v) is 16.1. The molecule has 0 bridgehead atoms. The van der Waals surface area contributed by atoms with Gasteiger partial charge in [-0.15, -0.1) is 0 Å². The van der Waals surface area contributed by atoms with E-state index in [0.717, 1.165) is 0 Å². The molecule has 0 saturated heterocycles. The van der Waals surface area contributed by atoms with E-state index in [4.69, 9.17) is 23.2 Å².